The van der Waals surface area contributed by atoms with Crippen molar-refractivity contribution in [3.05, 3.63) is 35.4 Å². The summed E-state index contributed by atoms with van der Waals surface area (Å²) in [5.74, 6) is 0.582. The lowest BCUT2D eigenvalue weighted by molar-refractivity contribution is -0.137. The SMILES string of the molecule is CC(C)c1ccc(CN(C)C(=O)COC2CCNCC2)cc1. The number of nitrogens with zero attached hydrogens (tertiary/aromatic N) is 1. The molecular weight excluding hydrogens is 276 g/mol. The lowest BCUT2D eigenvalue weighted by Gasteiger charge is -2.24. The van der Waals surface area contributed by atoms with E-state index in [1.165, 1.54) is 5.56 Å². The molecule has 1 amide bonds. The van der Waals surface area contributed by atoms with Crippen LogP contribution >= 0.6 is 0 Å². The van der Waals surface area contributed by atoms with Crippen molar-refractivity contribution in [2.45, 2.75) is 45.3 Å². The average Bonchev–Trinajstić information content (AvgIpc) is 2.54. The first-order chi connectivity index (χ1) is 10.6. The molecule has 1 heterocycles. The zero-order valence-corrected chi connectivity index (χ0v) is 14.0. The van der Waals surface area contributed by atoms with Gasteiger partial charge in [0.25, 0.3) is 0 Å². The number of nitrogens with one attached hydrogen (secondary N) is 1. The average molecular weight is 304 g/mol. The minimum Gasteiger partial charge on any atom is -0.368 e. The van der Waals surface area contributed by atoms with Gasteiger partial charge in [-0.25, -0.2) is 0 Å². The predicted molar refractivity (Wildman–Crippen MR) is 88.8 cm³/mol. The van der Waals surface area contributed by atoms with Crippen LogP contribution in [0.25, 0.3) is 0 Å². The number of rotatable bonds is 6. The normalized spacial score (nSPS) is 16.0. The van der Waals surface area contributed by atoms with Crippen LogP contribution < -0.4 is 5.32 Å². The molecule has 0 radical (unpaired) electrons. The number of hydrogen-bond acceptors (Lipinski definition) is 3. The van der Waals surface area contributed by atoms with Crippen LogP contribution in [0.2, 0.25) is 0 Å². The monoisotopic (exact) mass is 304 g/mol. The standard InChI is InChI=1S/C18H28N2O2/c1-14(2)16-6-4-15(5-7-16)12-20(3)18(21)13-22-17-8-10-19-11-9-17/h4-7,14,17,19H,8-13H2,1-3H3. The number of benzene rings is 1. The maximum atomic E-state index is 12.2. The Morgan fingerprint density at radius 3 is 2.50 bits per heavy atom. The fraction of sp³-hybridized carbons (Fsp3) is 0.611. The van der Waals surface area contributed by atoms with Crippen LogP contribution in [-0.4, -0.2) is 43.7 Å². The van der Waals surface area contributed by atoms with Crippen molar-refractivity contribution in [1.82, 2.24) is 10.2 Å². The van der Waals surface area contributed by atoms with E-state index in [0.29, 0.717) is 12.5 Å². The van der Waals surface area contributed by atoms with Gasteiger partial charge in [0.05, 0.1) is 6.10 Å². The molecule has 0 bridgehead atoms. The molecule has 1 aliphatic rings. The quantitative estimate of drug-likeness (QED) is 0.878. The Hall–Kier alpha value is -1.39. The van der Waals surface area contributed by atoms with Crippen LogP contribution in [0.15, 0.2) is 24.3 Å². The summed E-state index contributed by atoms with van der Waals surface area (Å²) < 4.78 is 5.72. The predicted octanol–water partition coefficient (Wildman–Crippen LogP) is 2.54. The Bertz CT molecular complexity index is 464. The van der Waals surface area contributed by atoms with Gasteiger partial charge in [0.2, 0.25) is 5.91 Å². The highest BCUT2D eigenvalue weighted by Gasteiger charge is 2.16. The third kappa shape index (κ3) is 5.11. The number of carbonyl (C=O) groups is 1. The second-order valence-corrected chi connectivity index (χ2v) is 6.41. The van der Waals surface area contributed by atoms with Crippen molar-refractivity contribution in [3.63, 3.8) is 0 Å². The lowest BCUT2D eigenvalue weighted by Crippen LogP contribution is -2.36. The largest absolute Gasteiger partial charge is 0.368 e. The number of amides is 1. The van der Waals surface area contributed by atoms with E-state index in [0.717, 1.165) is 31.5 Å². The molecule has 0 unspecified atom stereocenters. The zero-order chi connectivity index (χ0) is 15.9. The maximum absolute atomic E-state index is 12.2. The highest BCUT2D eigenvalue weighted by molar-refractivity contribution is 5.77. The van der Waals surface area contributed by atoms with Crippen LogP contribution in [0.5, 0.6) is 0 Å². The Balaban J connectivity index is 1.77. The molecule has 0 aliphatic carbocycles. The van der Waals surface area contributed by atoms with Crippen molar-refractivity contribution in [1.29, 1.82) is 0 Å². The van der Waals surface area contributed by atoms with Gasteiger partial charge >= 0.3 is 0 Å². The first kappa shape index (κ1) is 17.0. The zero-order valence-electron chi connectivity index (χ0n) is 14.0. The molecule has 1 aromatic carbocycles. The first-order valence-electron chi connectivity index (χ1n) is 8.21. The van der Waals surface area contributed by atoms with E-state index < -0.39 is 0 Å². The molecule has 2 rings (SSSR count). The van der Waals surface area contributed by atoms with E-state index in [4.69, 9.17) is 4.74 Å². The molecule has 1 fully saturated rings. The molecule has 0 aromatic heterocycles. The summed E-state index contributed by atoms with van der Waals surface area (Å²) in [5, 5.41) is 3.29. The van der Waals surface area contributed by atoms with Gasteiger partial charge in [-0.15, -0.1) is 0 Å². The molecular formula is C18H28N2O2. The molecule has 1 N–H and O–H groups in total. The van der Waals surface area contributed by atoms with Gasteiger partial charge in [0.1, 0.15) is 6.61 Å². The molecule has 1 aromatic rings. The summed E-state index contributed by atoms with van der Waals surface area (Å²) in [7, 11) is 1.84. The summed E-state index contributed by atoms with van der Waals surface area (Å²) in [5.41, 5.74) is 2.48. The van der Waals surface area contributed by atoms with Gasteiger partial charge in [0.15, 0.2) is 0 Å². The van der Waals surface area contributed by atoms with Crippen molar-refractivity contribution in [2.75, 3.05) is 26.7 Å². The second-order valence-electron chi connectivity index (χ2n) is 6.41. The van der Waals surface area contributed by atoms with E-state index in [1.807, 2.05) is 7.05 Å². The van der Waals surface area contributed by atoms with E-state index in [2.05, 4.69) is 43.4 Å². The van der Waals surface area contributed by atoms with Crippen LogP contribution in [0.3, 0.4) is 0 Å². The van der Waals surface area contributed by atoms with E-state index >= 15 is 0 Å². The van der Waals surface area contributed by atoms with Crippen LogP contribution in [0.4, 0.5) is 0 Å². The smallest absolute Gasteiger partial charge is 0.248 e. The molecule has 122 valence electrons. The fourth-order valence-corrected chi connectivity index (χ4v) is 2.63. The second kappa shape index (κ2) is 8.30. The fourth-order valence-electron chi connectivity index (χ4n) is 2.63. The number of piperidine rings is 1. The Morgan fingerprint density at radius 2 is 1.91 bits per heavy atom. The highest BCUT2D eigenvalue weighted by atomic mass is 16.5. The number of likely N-dealkylation sites (N-methyl/N-ethyl adjacent to an activating group) is 1. The van der Waals surface area contributed by atoms with Crippen molar-refractivity contribution >= 4 is 5.91 Å². The lowest BCUT2D eigenvalue weighted by atomic mass is 10.0. The Labute approximate surface area is 133 Å². The summed E-state index contributed by atoms with van der Waals surface area (Å²) in [6.07, 6.45) is 2.21. The van der Waals surface area contributed by atoms with Gasteiger partial charge in [0, 0.05) is 13.6 Å². The molecule has 0 atom stereocenters. The Kier molecular flexibility index (Phi) is 6.40. The number of carbonyl (C=O) groups excluding carboxylic acids is 1. The van der Waals surface area contributed by atoms with E-state index in [9.17, 15) is 4.79 Å². The number of ether oxygens (including phenoxy) is 1. The molecule has 4 nitrogen and oxygen atoms in total. The summed E-state index contributed by atoms with van der Waals surface area (Å²) in [6.45, 7) is 7.15. The topological polar surface area (TPSA) is 41.6 Å². The third-order valence-electron chi connectivity index (χ3n) is 4.22. The van der Waals surface area contributed by atoms with Gasteiger partial charge in [-0.3, -0.25) is 4.79 Å². The summed E-state index contributed by atoms with van der Waals surface area (Å²) in [4.78, 5) is 13.9. The first-order valence-corrected chi connectivity index (χ1v) is 8.21. The van der Waals surface area contributed by atoms with Crippen LogP contribution in [-0.2, 0) is 16.1 Å². The van der Waals surface area contributed by atoms with Gasteiger partial charge in [-0.1, -0.05) is 38.1 Å². The summed E-state index contributed by atoms with van der Waals surface area (Å²) in [6, 6.07) is 8.49. The minimum absolute atomic E-state index is 0.0477. The van der Waals surface area contributed by atoms with Gasteiger partial charge in [-0.2, -0.15) is 0 Å². The van der Waals surface area contributed by atoms with Crippen molar-refractivity contribution in [2.24, 2.45) is 0 Å². The molecule has 4 heteroatoms. The third-order valence-corrected chi connectivity index (χ3v) is 4.22. The van der Waals surface area contributed by atoms with Gasteiger partial charge in [-0.05, 0) is 43.0 Å². The van der Waals surface area contributed by atoms with E-state index in [1.54, 1.807) is 4.90 Å². The van der Waals surface area contributed by atoms with Crippen LogP contribution in [0, 0.1) is 0 Å². The Morgan fingerprint density at radius 1 is 1.27 bits per heavy atom. The molecule has 22 heavy (non-hydrogen) atoms. The minimum atomic E-state index is 0.0477. The molecule has 0 saturated carbocycles. The maximum Gasteiger partial charge on any atom is 0.248 e. The highest BCUT2D eigenvalue weighted by Crippen LogP contribution is 2.15. The number of hydrogen-bond donors (Lipinski definition) is 1. The van der Waals surface area contributed by atoms with Gasteiger partial charge < -0.3 is 15.0 Å². The van der Waals surface area contributed by atoms with Crippen molar-refractivity contribution < 1.29 is 9.53 Å². The molecule has 0 spiro atoms. The molecule has 1 saturated heterocycles. The molecule has 1 aliphatic heterocycles. The van der Waals surface area contributed by atoms with Crippen molar-refractivity contribution in [3.8, 4) is 0 Å². The van der Waals surface area contributed by atoms with E-state index in [-0.39, 0.29) is 18.6 Å². The summed E-state index contributed by atoms with van der Waals surface area (Å²) >= 11 is 0. The van der Waals surface area contributed by atoms with Crippen LogP contribution in [0.1, 0.15) is 43.7 Å².